The number of unbranched alkanes of at least 4 members (excludes halogenated alkanes) is 11. The second-order valence-electron chi connectivity index (χ2n) is 7.94. The zero-order valence-electron chi connectivity index (χ0n) is 16.6. The van der Waals surface area contributed by atoms with Gasteiger partial charge in [0.1, 0.15) is 6.61 Å². The van der Waals surface area contributed by atoms with Crippen molar-refractivity contribution in [3.8, 4) is 0 Å². The van der Waals surface area contributed by atoms with Gasteiger partial charge in [-0.3, -0.25) is 0 Å². The maximum absolute atomic E-state index is 5.63. The van der Waals surface area contributed by atoms with Crippen LogP contribution in [0.3, 0.4) is 0 Å². The molecule has 0 aromatic heterocycles. The Morgan fingerprint density at radius 1 is 0.833 bits per heavy atom. The van der Waals surface area contributed by atoms with Crippen LogP contribution in [0.5, 0.6) is 0 Å². The first-order valence-electron chi connectivity index (χ1n) is 10.5. The van der Waals surface area contributed by atoms with Crippen LogP contribution in [0.2, 0.25) is 0 Å². The molecule has 0 saturated carbocycles. The lowest BCUT2D eigenvalue weighted by atomic mass is 10.1. The van der Waals surface area contributed by atoms with E-state index in [2.05, 4.69) is 37.9 Å². The Kier molecular flexibility index (Phi) is 12.0. The van der Waals surface area contributed by atoms with Gasteiger partial charge in [0.15, 0.2) is 5.90 Å². The molecule has 0 saturated heterocycles. The van der Waals surface area contributed by atoms with Crippen molar-refractivity contribution < 1.29 is 4.74 Å². The average Bonchev–Trinajstić information content (AvgIpc) is 2.90. The van der Waals surface area contributed by atoms with Gasteiger partial charge in [-0.1, -0.05) is 70.4 Å². The minimum Gasteiger partial charge on any atom is -0.478 e. The Bertz CT molecular complexity index is 357. The van der Waals surface area contributed by atoms with Gasteiger partial charge in [0, 0.05) is 6.42 Å². The van der Waals surface area contributed by atoms with Gasteiger partial charge in [0.05, 0.1) is 5.54 Å². The van der Waals surface area contributed by atoms with Crippen LogP contribution in [-0.4, -0.2) is 18.0 Å². The lowest BCUT2D eigenvalue weighted by molar-refractivity contribution is 0.273. The Morgan fingerprint density at radius 2 is 1.38 bits per heavy atom. The molecule has 2 heteroatoms. The second-order valence-corrected chi connectivity index (χ2v) is 7.94. The summed E-state index contributed by atoms with van der Waals surface area (Å²) in [5, 5.41) is 0. The molecular weight excluding hydrogens is 294 g/mol. The maximum atomic E-state index is 5.63. The van der Waals surface area contributed by atoms with Crippen LogP contribution in [0, 0.1) is 0 Å². The Labute approximate surface area is 151 Å². The van der Waals surface area contributed by atoms with Crippen molar-refractivity contribution >= 4 is 5.90 Å². The molecule has 0 atom stereocenters. The van der Waals surface area contributed by atoms with E-state index in [1.54, 1.807) is 0 Å². The van der Waals surface area contributed by atoms with E-state index in [0.717, 1.165) is 18.9 Å². The van der Waals surface area contributed by atoms with Crippen molar-refractivity contribution in [2.24, 2.45) is 4.99 Å². The Hall–Kier alpha value is -0.790. The van der Waals surface area contributed by atoms with Crippen LogP contribution in [0.15, 0.2) is 17.1 Å². The molecule has 0 aromatic rings. The first kappa shape index (κ1) is 21.3. The van der Waals surface area contributed by atoms with E-state index in [1.165, 1.54) is 83.5 Å². The molecule has 0 aliphatic carbocycles. The summed E-state index contributed by atoms with van der Waals surface area (Å²) in [4.78, 5) is 4.61. The van der Waals surface area contributed by atoms with E-state index >= 15 is 0 Å². The van der Waals surface area contributed by atoms with E-state index in [0.29, 0.717) is 0 Å². The third-order valence-corrected chi connectivity index (χ3v) is 4.67. The second kappa shape index (κ2) is 13.5. The smallest absolute Gasteiger partial charge is 0.183 e. The number of ether oxygens (including phenoxy) is 1. The summed E-state index contributed by atoms with van der Waals surface area (Å²) in [6.07, 6.45) is 23.4. The topological polar surface area (TPSA) is 21.6 Å². The quantitative estimate of drug-likeness (QED) is 0.228. The zero-order valence-corrected chi connectivity index (χ0v) is 16.6. The van der Waals surface area contributed by atoms with Crippen molar-refractivity contribution in [3.05, 3.63) is 12.2 Å². The minimum absolute atomic E-state index is 0.0139. The van der Waals surface area contributed by atoms with Crippen molar-refractivity contribution in [1.29, 1.82) is 0 Å². The van der Waals surface area contributed by atoms with Crippen molar-refractivity contribution in [2.75, 3.05) is 6.61 Å². The summed E-state index contributed by atoms with van der Waals surface area (Å²) in [6, 6.07) is 0. The molecule has 140 valence electrons. The number of allylic oxidation sites excluding steroid dienone is 2. The van der Waals surface area contributed by atoms with Crippen molar-refractivity contribution in [3.63, 3.8) is 0 Å². The predicted molar refractivity (Wildman–Crippen MR) is 107 cm³/mol. The molecule has 0 aromatic carbocycles. The number of nitrogens with zero attached hydrogens (tertiary/aromatic N) is 1. The van der Waals surface area contributed by atoms with Crippen molar-refractivity contribution in [2.45, 2.75) is 116 Å². The van der Waals surface area contributed by atoms with E-state index < -0.39 is 0 Å². The van der Waals surface area contributed by atoms with Gasteiger partial charge in [0.2, 0.25) is 0 Å². The predicted octanol–water partition coefficient (Wildman–Crippen LogP) is 7.23. The minimum atomic E-state index is 0.0139. The summed E-state index contributed by atoms with van der Waals surface area (Å²) < 4.78 is 5.63. The first-order valence-corrected chi connectivity index (χ1v) is 10.5. The third kappa shape index (κ3) is 11.7. The van der Waals surface area contributed by atoms with Crippen molar-refractivity contribution in [1.82, 2.24) is 0 Å². The number of hydrogen-bond donors (Lipinski definition) is 0. The standard InChI is InChI=1S/C22H41NO/c1-4-5-6-7-8-9-10-11-12-13-14-15-16-17-18-19-21-23-22(2,3)20-24-21/h8-9H,4-7,10-20H2,1-3H3/b9-8-. The molecule has 1 aliphatic rings. The van der Waals surface area contributed by atoms with Gasteiger partial charge in [-0.15, -0.1) is 0 Å². The SMILES string of the molecule is CCCCC/C=C\CCCCCCCCCCC1=NC(C)(C)CO1. The fourth-order valence-electron chi connectivity index (χ4n) is 3.14. The fraction of sp³-hybridized carbons (Fsp3) is 0.864. The van der Waals surface area contributed by atoms with E-state index in [-0.39, 0.29) is 5.54 Å². The highest BCUT2D eigenvalue weighted by molar-refractivity contribution is 5.78. The summed E-state index contributed by atoms with van der Waals surface area (Å²) in [5.74, 6) is 0.989. The lowest BCUT2D eigenvalue weighted by Crippen LogP contribution is -2.17. The van der Waals surface area contributed by atoms with Gasteiger partial charge < -0.3 is 4.74 Å². The summed E-state index contributed by atoms with van der Waals surface area (Å²) in [5.41, 5.74) is 0.0139. The summed E-state index contributed by atoms with van der Waals surface area (Å²) in [7, 11) is 0. The fourth-order valence-corrected chi connectivity index (χ4v) is 3.14. The van der Waals surface area contributed by atoms with Gasteiger partial charge in [0.25, 0.3) is 0 Å². The summed E-state index contributed by atoms with van der Waals surface area (Å²) >= 11 is 0. The van der Waals surface area contributed by atoms with Gasteiger partial charge in [-0.2, -0.15) is 0 Å². The maximum Gasteiger partial charge on any atom is 0.183 e. The molecule has 0 bridgehead atoms. The van der Waals surface area contributed by atoms with Gasteiger partial charge in [-0.25, -0.2) is 4.99 Å². The van der Waals surface area contributed by atoms with Gasteiger partial charge >= 0.3 is 0 Å². The molecule has 24 heavy (non-hydrogen) atoms. The molecule has 0 N–H and O–H groups in total. The highest BCUT2D eigenvalue weighted by atomic mass is 16.5. The molecule has 1 rings (SSSR count). The van der Waals surface area contributed by atoms with Gasteiger partial charge in [-0.05, 0) is 46.0 Å². The van der Waals surface area contributed by atoms with E-state index in [9.17, 15) is 0 Å². The molecule has 2 nitrogen and oxygen atoms in total. The lowest BCUT2D eigenvalue weighted by Gasteiger charge is -2.07. The third-order valence-electron chi connectivity index (χ3n) is 4.67. The van der Waals surface area contributed by atoms with Crippen LogP contribution in [-0.2, 0) is 4.74 Å². The number of rotatable bonds is 15. The normalized spacial score (nSPS) is 16.5. The summed E-state index contributed by atoms with van der Waals surface area (Å²) in [6.45, 7) is 7.31. The number of hydrogen-bond acceptors (Lipinski definition) is 2. The molecule has 0 spiro atoms. The molecule has 0 amide bonds. The van der Waals surface area contributed by atoms with Crippen LogP contribution in [0.1, 0.15) is 111 Å². The molecule has 1 aliphatic heterocycles. The molecular formula is C22H41NO. The van der Waals surface area contributed by atoms with Crippen LogP contribution in [0.4, 0.5) is 0 Å². The zero-order chi connectivity index (χ0) is 17.5. The monoisotopic (exact) mass is 335 g/mol. The average molecular weight is 336 g/mol. The number of aliphatic imine (C=N–C) groups is 1. The highest BCUT2D eigenvalue weighted by Gasteiger charge is 2.25. The van der Waals surface area contributed by atoms with Crippen LogP contribution in [0.25, 0.3) is 0 Å². The van der Waals surface area contributed by atoms with E-state index in [4.69, 9.17) is 4.74 Å². The Morgan fingerprint density at radius 3 is 1.92 bits per heavy atom. The van der Waals surface area contributed by atoms with Crippen LogP contribution < -0.4 is 0 Å². The molecule has 0 fully saturated rings. The van der Waals surface area contributed by atoms with E-state index in [1.807, 2.05) is 0 Å². The molecule has 0 radical (unpaired) electrons. The molecule has 1 heterocycles. The van der Waals surface area contributed by atoms with Crippen LogP contribution >= 0.6 is 0 Å². The molecule has 0 unspecified atom stereocenters. The first-order chi connectivity index (χ1) is 11.6. The Balaban J connectivity index is 1.78. The largest absolute Gasteiger partial charge is 0.478 e. The highest BCUT2D eigenvalue weighted by Crippen LogP contribution is 2.20.